The highest BCUT2D eigenvalue weighted by Crippen LogP contribution is 2.28. The second-order valence-electron chi connectivity index (χ2n) is 6.67. The molecule has 0 bridgehead atoms. The molecule has 1 amide bonds. The summed E-state index contributed by atoms with van der Waals surface area (Å²) < 4.78 is 27.4. The van der Waals surface area contributed by atoms with Gasteiger partial charge in [-0.2, -0.15) is 4.31 Å². The lowest BCUT2D eigenvalue weighted by molar-refractivity contribution is -0.136. The van der Waals surface area contributed by atoms with Gasteiger partial charge in [-0.1, -0.05) is 0 Å². The Morgan fingerprint density at radius 3 is 2.33 bits per heavy atom. The van der Waals surface area contributed by atoms with Crippen molar-refractivity contribution < 1.29 is 13.2 Å². The van der Waals surface area contributed by atoms with E-state index in [0.29, 0.717) is 30.4 Å². The number of aryl methyl sites for hydroxylation is 2. The van der Waals surface area contributed by atoms with Crippen LogP contribution < -0.4 is 0 Å². The van der Waals surface area contributed by atoms with Crippen LogP contribution in [-0.4, -0.2) is 74.2 Å². The van der Waals surface area contributed by atoms with Crippen LogP contribution >= 0.6 is 11.3 Å². The highest BCUT2D eigenvalue weighted by atomic mass is 32.2. The lowest BCUT2D eigenvalue weighted by Gasteiger charge is -2.36. The summed E-state index contributed by atoms with van der Waals surface area (Å²) in [6.45, 7) is 6.54. The zero-order valence-electron chi connectivity index (χ0n) is 14.5. The zero-order valence-corrected chi connectivity index (χ0v) is 16.1. The third-order valence-corrected chi connectivity index (χ3v) is 8.59. The molecule has 1 aromatic heterocycles. The van der Waals surface area contributed by atoms with Crippen LogP contribution in [0, 0.1) is 13.8 Å². The summed E-state index contributed by atoms with van der Waals surface area (Å²) in [5.74, 6) is 0.148. The van der Waals surface area contributed by atoms with E-state index in [1.54, 1.807) is 6.07 Å². The minimum absolute atomic E-state index is 0.0317. The van der Waals surface area contributed by atoms with Crippen LogP contribution in [0.1, 0.15) is 23.3 Å². The Hall–Kier alpha value is -0.960. The molecule has 2 aliphatic heterocycles. The fraction of sp³-hybridized carbons (Fsp3) is 0.688. The molecule has 0 saturated carbocycles. The predicted molar refractivity (Wildman–Crippen MR) is 94.8 cm³/mol. The molecule has 0 spiro atoms. The molecule has 3 heterocycles. The third-order valence-electron chi connectivity index (χ3n) is 5.09. The molecule has 134 valence electrons. The SMILES string of the molecule is Cc1cc(S(=O)(=O)N2CCN(C(=O)C3CCCN3C)CC2)sc1C. The lowest BCUT2D eigenvalue weighted by atomic mass is 10.2. The van der Waals surface area contributed by atoms with E-state index in [1.165, 1.54) is 15.6 Å². The van der Waals surface area contributed by atoms with Crippen LogP contribution in [0.3, 0.4) is 0 Å². The van der Waals surface area contributed by atoms with Gasteiger partial charge >= 0.3 is 0 Å². The summed E-state index contributed by atoms with van der Waals surface area (Å²) in [4.78, 5) is 17.6. The number of thiophene rings is 1. The lowest BCUT2D eigenvalue weighted by Crippen LogP contribution is -2.54. The number of amides is 1. The fourth-order valence-electron chi connectivity index (χ4n) is 3.38. The van der Waals surface area contributed by atoms with E-state index in [1.807, 2.05) is 25.8 Å². The Kier molecular flexibility index (Phi) is 5.01. The maximum Gasteiger partial charge on any atom is 0.252 e. The number of carbonyl (C=O) groups excluding carboxylic acids is 1. The van der Waals surface area contributed by atoms with E-state index in [9.17, 15) is 13.2 Å². The van der Waals surface area contributed by atoms with Gasteiger partial charge in [-0.25, -0.2) is 8.42 Å². The topological polar surface area (TPSA) is 60.9 Å². The molecule has 24 heavy (non-hydrogen) atoms. The third kappa shape index (κ3) is 3.24. The van der Waals surface area contributed by atoms with Crippen molar-refractivity contribution in [1.29, 1.82) is 0 Å². The molecular weight excluding hydrogens is 346 g/mol. The number of nitrogens with zero attached hydrogens (tertiary/aromatic N) is 3. The van der Waals surface area contributed by atoms with E-state index in [0.717, 1.165) is 29.8 Å². The molecule has 1 aromatic rings. The monoisotopic (exact) mass is 371 g/mol. The first kappa shape index (κ1) is 17.8. The highest BCUT2D eigenvalue weighted by Gasteiger charge is 2.35. The molecule has 2 aliphatic rings. The minimum Gasteiger partial charge on any atom is -0.339 e. The van der Waals surface area contributed by atoms with Crippen LogP contribution in [0.4, 0.5) is 0 Å². The number of hydrogen-bond donors (Lipinski definition) is 0. The van der Waals surface area contributed by atoms with Crippen LogP contribution in [0.5, 0.6) is 0 Å². The van der Waals surface area contributed by atoms with Crippen molar-refractivity contribution >= 4 is 27.3 Å². The maximum absolute atomic E-state index is 12.8. The second kappa shape index (κ2) is 6.74. The van der Waals surface area contributed by atoms with Crippen molar-refractivity contribution in [1.82, 2.24) is 14.1 Å². The Morgan fingerprint density at radius 1 is 1.17 bits per heavy atom. The van der Waals surface area contributed by atoms with Gasteiger partial charge in [0.05, 0.1) is 6.04 Å². The van der Waals surface area contributed by atoms with Gasteiger partial charge in [-0.05, 0) is 51.9 Å². The van der Waals surface area contributed by atoms with E-state index < -0.39 is 10.0 Å². The number of piperazine rings is 1. The van der Waals surface area contributed by atoms with Gasteiger partial charge in [0.25, 0.3) is 10.0 Å². The van der Waals surface area contributed by atoms with Gasteiger partial charge in [0.1, 0.15) is 4.21 Å². The summed E-state index contributed by atoms with van der Waals surface area (Å²) in [7, 11) is -1.46. The molecule has 1 atom stereocenters. The Morgan fingerprint density at radius 2 is 1.83 bits per heavy atom. The van der Waals surface area contributed by atoms with Crippen LogP contribution in [0.25, 0.3) is 0 Å². The molecule has 2 fully saturated rings. The Balaban J connectivity index is 1.65. The van der Waals surface area contributed by atoms with E-state index in [4.69, 9.17) is 0 Å². The van der Waals surface area contributed by atoms with Crippen molar-refractivity contribution in [2.45, 2.75) is 36.9 Å². The van der Waals surface area contributed by atoms with Crippen molar-refractivity contribution in [3.63, 3.8) is 0 Å². The van der Waals surface area contributed by atoms with Crippen molar-refractivity contribution in [2.24, 2.45) is 0 Å². The normalized spacial score (nSPS) is 23.8. The number of carbonyl (C=O) groups is 1. The standard InChI is InChI=1S/C16H25N3O3S2/c1-12-11-15(23-13(12)2)24(21,22)19-9-7-18(8-10-19)16(20)14-5-4-6-17(14)3/h11,14H,4-10H2,1-3H3. The zero-order chi connectivity index (χ0) is 17.5. The Bertz CT molecular complexity index is 701. The van der Waals surface area contributed by atoms with E-state index >= 15 is 0 Å². The molecule has 1 unspecified atom stereocenters. The van der Waals surface area contributed by atoms with Crippen molar-refractivity contribution in [3.05, 3.63) is 16.5 Å². The molecule has 8 heteroatoms. The van der Waals surface area contributed by atoms with Crippen LogP contribution in [0.15, 0.2) is 10.3 Å². The average molecular weight is 372 g/mol. The first-order chi connectivity index (χ1) is 11.3. The largest absolute Gasteiger partial charge is 0.339 e. The molecule has 0 aliphatic carbocycles. The van der Waals surface area contributed by atoms with E-state index in [-0.39, 0.29) is 11.9 Å². The van der Waals surface area contributed by atoms with Gasteiger partial charge in [0, 0.05) is 31.1 Å². The maximum atomic E-state index is 12.8. The summed E-state index contributed by atoms with van der Waals surface area (Å²) in [6.07, 6.45) is 1.96. The number of hydrogen-bond acceptors (Lipinski definition) is 5. The molecule has 0 radical (unpaired) electrons. The predicted octanol–water partition coefficient (Wildman–Crippen LogP) is 1.29. The summed E-state index contributed by atoms with van der Waals surface area (Å²) in [6, 6.07) is 1.72. The number of rotatable bonds is 3. The quantitative estimate of drug-likeness (QED) is 0.803. The van der Waals surface area contributed by atoms with Crippen molar-refractivity contribution in [3.8, 4) is 0 Å². The summed E-state index contributed by atoms with van der Waals surface area (Å²) >= 11 is 1.33. The first-order valence-corrected chi connectivity index (χ1v) is 10.6. The highest BCUT2D eigenvalue weighted by molar-refractivity contribution is 7.91. The minimum atomic E-state index is -3.44. The second-order valence-corrected chi connectivity index (χ2v) is 10.1. The van der Waals surface area contributed by atoms with Gasteiger partial charge in [0.15, 0.2) is 0 Å². The first-order valence-electron chi connectivity index (χ1n) is 8.37. The molecule has 3 rings (SSSR count). The summed E-state index contributed by atoms with van der Waals surface area (Å²) in [5.41, 5.74) is 1.01. The molecule has 6 nitrogen and oxygen atoms in total. The van der Waals surface area contributed by atoms with Crippen molar-refractivity contribution in [2.75, 3.05) is 39.8 Å². The number of likely N-dealkylation sites (N-methyl/N-ethyl adjacent to an activating group) is 1. The van der Waals surface area contributed by atoms with E-state index in [2.05, 4.69) is 4.90 Å². The van der Waals surface area contributed by atoms with Gasteiger partial charge in [-0.3, -0.25) is 9.69 Å². The smallest absolute Gasteiger partial charge is 0.252 e. The number of likely N-dealkylation sites (tertiary alicyclic amines) is 1. The van der Waals surface area contributed by atoms with Gasteiger partial charge in [-0.15, -0.1) is 11.3 Å². The van der Waals surface area contributed by atoms with Crippen LogP contribution in [0.2, 0.25) is 0 Å². The number of sulfonamides is 1. The van der Waals surface area contributed by atoms with Gasteiger partial charge < -0.3 is 4.90 Å². The fourth-order valence-corrected chi connectivity index (χ4v) is 6.47. The molecule has 0 aromatic carbocycles. The average Bonchev–Trinajstić information content (AvgIpc) is 3.13. The summed E-state index contributed by atoms with van der Waals surface area (Å²) in [5, 5.41) is 0. The molecule has 2 saturated heterocycles. The molecular formula is C16H25N3O3S2. The van der Waals surface area contributed by atoms with Gasteiger partial charge in [0.2, 0.25) is 5.91 Å². The molecule has 0 N–H and O–H groups in total. The van der Waals surface area contributed by atoms with Crippen LogP contribution in [-0.2, 0) is 14.8 Å². The Labute approximate surface area is 148 Å².